The molecule has 4 heteroatoms. The van der Waals surface area contributed by atoms with Crippen molar-refractivity contribution >= 4 is 0 Å². The fourth-order valence-corrected chi connectivity index (χ4v) is 1.45. The Bertz CT molecular complexity index is 451. The lowest BCUT2D eigenvalue weighted by Gasteiger charge is -2.01. The van der Waals surface area contributed by atoms with E-state index in [1.54, 1.807) is 0 Å². The second-order valence-electron chi connectivity index (χ2n) is 3.46. The fraction of sp³-hybridized carbons (Fsp3) is 0.167. The molecule has 16 heavy (non-hydrogen) atoms. The number of nitrogens with two attached hydrogens (primary N) is 1. The Morgan fingerprint density at radius 1 is 1.06 bits per heavy atom. The van der Waals surface area contributed by atoms with E-state index in [-0.39, 0.29) is 0 Å². The van der Waals surface area contributed by atoms with Crippen molar-refractivity contribution in [1.29, 1.82) is 0 Å². The second kappa shape index (κ2) is 4.81. The van der Waals surface area contributed by atoms with Crippen molar-refractivity contribution in [3.05, 3.63) is 48.0 Å². The van der Waals surface area contributed by atoms with Crippen molar-refractivity contribution in [3.63, 3.8) is 0 Å². The van der Waals surface area contributed by atoms with Crippen LogP contribution in [0.3, 0.4) is 0 Å². The van der Waals surface area contributed by atoms with E-state index in [0.717, 1.165) is 24.4 Å². The van der Waals surface area contributed by atoms with Crippen LogP contribution in [0.5, 0.6) is 0 Å². The minimum atomic E-state index is -0.427. The zero-order valence-electron chi connectivity index (χ0n) is 8.73. The van der Waals surface area contributed by atoms with Crippen molar-refractivity contribution in [2.45, 2.75) is 6.42 Å². The SMILES string of the molecule is NCCc1ccc(-c2ncc(F)cn2)cc1. The van der Waals surface area contributed by atoms with Gasteiger partial charge in [0.25, 0.3) is 0 Å². The van der Waals surface area contributed by atoms with Crippen LogP contribution in [0.15, 0.2) is 36.7 Å². The number of halogens is 1. The van der Waals surface area contributed by atoms with Gasteiger partial charge in [0, 0.05) is 5.56 Å². The number of aromatic nitrogens is 2. The highest BCUT2D eigenvalue weighted by Crippen LogP contribution is 2.15. The number of nitrogens with zero attached hydrogens (tertiary/aromatic N) is 2. The first kappa shape index (κ1) is 10.7. The van der Waals surface area contributed by atoms with E-state index in [9.17, 15) is 4.39 Å². The third-order valence-corrected chi connectivity index (χ3v) is 2.27. The molecule has 0 spiro atoms. The maximum atomic E-state index is 12.6. The van der Waals surface area contributed by atoms with Crippen molar-refractivity contribution in [1.82, 2.24) is 9.97 Å². The zero-order valence-corrected chi connectivity index (χ0v) is 8.73. The van der Waals surface area contributed by atoms with Gasteiger partial charge in [-0.1, -0.05) is 24.3 Å². The van der Waals surface area contributed by atoms with Gasteiger partial charge in [0.15, 0.2) is 11.6 Å². The molecule has 82 valence electrons. The zero-order chi connectivity index (χ0) is 11.4. The summed E-state index contributed by atoms with van der Waals surface area (Å²) < 4.78 is 12.6. The molecule has 0 amide bonds. The third-order valence-electron chi connectivity index (χ3n) is 2.27. The third kappa shape index (κ3) is 2.41. The number of rotatable bonds is 3. The van der Waals surface area contributed by atoms with Gasteiger partial charge in [0.2, 0.25) is 0 Å². The first-order valence-electron chi connectivity index (χ1n) is 5.06. The minimum Gasteiger partial charge on any atom is -0.330 e. The summed E-state index contributed by atoms with van der Waals surface area (Å²) in [6, 6.07) is 7.79. The molecule has 0 atom stereocenters. The maximum absolute atomic E-state index is 12.6. The van der Waals surface area contributed by atoms with Crippen LogP contribution in [0.2, 0.25) is 0 Å². The molecule has 0 bridgehead atoms. The lowest BCUT2D eigenvalue weighted by atomic mass is 10.1. The average Bonchev–Trinajstić information content (AvgIpc) is 2.32. The molecule has 0 aliphatic heterocycles. The highest BCUT2D eigenvalue weighted by atomic mass is 19.1. The Hall–Kier alpha value is -1.81. The standard InChI is InChI=1S/C12H12FN3/c13-11-7-15-12(16-8-11)10-3-1-9(2-4-10)5-6-14/h1-4,7-8H,5-6,14H2. The average molecular weight is 217 g/mol. The Morgan fingerprint density at radius 2 is 1.69 bits per heavy atom. The summed E-state index contributed by atoms with van der Waals surface area (Å²) in [6.45, 7) is 0.631. The summed E-state index contributed by atoms with van der Waals surface area (Å²) in [5.74, 6) is 0.101. The molecule has 2 aromatic rings. The lowest BCUT2D eigenvalue weighted by molar-refractivity contribution is 0.614. The van der Waals surface area contributed by atoms with Crippen molar-refractivity contribution in [3.8, 4) is 11.4 Å². The highest BCUT2D eigenvalue weighted by molar-refractivity contribution is 5.54. The van der Waals surface area contributed by atoms with E-state index >= 15 is 0 Å². The van der Waals surface area contributed by atoms with Crippen LogP contribution in [-0.2, 0) is 6.42 Å². The molecule has 1 heterocycles. The van der Waals surface area contributed by atoms with Gasteiger partial charge in [-0.05, 0) is 18.5 Å². The summed E-state index contributed by atoms with van der Waals surface area (Å²) in [4.78, 5) is 7.83. The molecule has 0 fully saturated rings. The van der Waals surface area contributed by atoms with Crippen LogP contribution >= 0.6 is 0 Å². The lowest BCUT2D eigenvalue weighted by Crippen LogP contribution is -2.02. The van der Waals surface area contributed by atoms with Gasteiger partial charge in [0.05, 0.1) is 12.4 Å². The monoisotopic (exact) mass is 217 g/mol. The van der Waals surface area contributed by atoms with E-state index < -0.39 is 5.82 Å². The van der Waals surface area contributed by atoms with E-state index in [4.69, 9.17) is 5.73 Å². The van der Waals surface area contributed by atoms with Crippen LogP contribution in [0.4, 0.5) is 4.39 Å². The van der Waals surface area contributed by atoms with Gasteiger partial charge in [-0.25, -0.2) is 14.4 Å². The molecule has 3 nitrogen and oxygen atoms in total. The molecular formula is C12H12FN3. The van der Waals surface area contributed by atoms with E-state index in [0.29, 0.717) is 12.4 Å². The van der Waals surface area contributed by atoms with E-state index in [1.807, 2.05) is 24.3 Å². The van der Waals surface area contributed by atoms with Crippen LogP contribution in [-0.4, -0.2) is 16.5 Å². The van der Waals surface area contributed by atoms with Crippen LogP contribution in [0.25, 0.3) is 11.4 Å². The van der Waals surface area contributed by atoms with Gasteiger partial charge < -0.3 is 5.73 Å². The summed E-state index contributed by atoms with van der Waals surface area (Å²) in [6.07, 6.45) is 3.18. The largest absolute Gasteiger partial charge is 0.330 e. The Kier molecular flexibility index (Phi) is 3.22. The molecular weight excluding hydrogens is 205 g/mol. The van der Waals surface area contributed by atoms with E-state index in [1.165, 1.54) is 5.56 Å². The number of benzene rings is 1. The molecule has 0 saturated heterocycles. The molecule has 0 radical (unpaired) electrons. The molecule has 1 aromatic heterocycles. The van der Waals surface area contributed by atoms with Gasteiger partial charge in [-0.2, -0.15) is 0 Å². The summed E-state index contributed by atoms with van der Waals surface area (Å²) in [7, 11) is 0. The van der Waals surface area contributed by atoms with Gasteiger partial charge in [0.1, 0.15) is 0 Å². The molecule has 0 aliphatic rings. The number of hydrogen-bond acceptors (Lipinski definition) is 3. The van der Waals surface area contributed by atoms with Gasteiger partial charge in [-0.3, -0.25) is 0 Å². The van der Waals surface area contributed by atoms with Crippen LogP contribution < -0.4 is 5.73 Å². The van der Waals surface area contributed by atoms with Crippen molar-refractivity contribution in [2.75, 3.05) is 6.54 Å². The minimum absolute atomic E-state index is 0.427. The normalized spacial score (nSPS) is 10.4. The summed E-state index contributed by atoms with van der Waals surface area (Å²) >= 11 is 0. The quantitative estimate of drug-likeness (QED) is 0.852. The van der Waals surface area contributed by atoms with Gasteiger partial charge >= 0.3 is 0 Å². The topological polar surface area (TPSA) is 51.8 Å². The fourth-order valence-electron chi connectivity index (χ4n) is 1.45. The summed E-state index contributed by atoms with van der Waals surface area (Å²) in [5.41, 5.74) is 7.51. The molecule has 0 unspecified atom stereocenters. The summed E-state index contributed by atoms with van der Waals surface area (Å²) in [5, 5.41) is 0. The first-order chi connectivity index (χ1) is 7.79. The molecule has 2 N–H and O–H groups in total. The smallest absolute Gasteiger partial charge is 0.159 e. The predicted molar refractivity (Wildman–Crippen MR) is 60.2 cm³/mol. The highest BCUT2D eigenvalue weighted by Gasteiger charge is 2.01. The predicted octanol–water partition coefficient (Wildman–Crippen LogP) is 1.78. The first-order valence-corrected chi connectivity index (χ1v) is 5.06. The van der Waals surface area contributed by atoms with Gasteiger partial charge in [-0.15, -0.1) is 0 Å². The van der Waals surface area contributed by atoms with Crippen molar-refractivity contribution in [2.24, 2.45) is 5.73 Å². The molecule has 2 rings (SSSR count). The Morgan fingerprint density at radius 3 is 2.25 bits per heavy atom. The Labute approximate surface area is 93.2 Å². The van der Waals surface area contributed by atoms with Crippen LogP contribution in [0.1, 0.15) is 5.56 Å². The number of hydrogen-bond donors (Lipinski definition) is 1. The molecule has 1 aromatic carbocycles. The second-order valence-corrected chi connectivity index (χ2v) is 3.46. The van der Waals surface area contributed by atoms with Crippen molar-refractivity contribution < 1.29 is 4.39 Å². The van der Waals surface area contributed by atoms with E-state index in [2.05, 4.69) is 9.97 Å². The molecule has 0 saturated carbocycles. The maximum Gasteiger partial charge on any atom is 0.159 e. The molecule has 0 aliphatic carbocycles. The Balaban J connectivity index is 2.24. The van der Waals surface area contributed by atoms with Crippen LogP contribution in [0, 0.1) is 5.82 Å².